The van der Waals surface area contributed by atoms with Gasteiger partial charge in [-0.2, -0.15) is 0 Å². The molecule has 2 nitrogen and oxygen atoms in total. The third kappa shape index (κ3) is 8.55. The summed E-state index contributed by atoms with van der Waals surface area (Å²) in [6.07, 6.45) is 0. The highest BCUT2D eigenvalue weighted by Crippen LogP contribution is 2.64. The summed E-state index contributed by atoms with van der Waals surface area (Å²) in [5.74, 6) is -0.631. The van der Waals surface area contributed by atoms with Crippen LogP contribution in [0, 0.1) is 11.6 Å². The van der Waals surface area contributed by atoms with Gasteiger partial charge in [-0.25, -0.2) is 8.78 Å². The number of hydrogen-bond donors (Lipinski definition) is 0. The molecule has 12 aromatic rings. The van der Waals surface area contributed by atoms with Gasteiger partial charge in [0.1, 0.15) is 11.6 Å². The van der Waals surface area contributed by atoms with Crippen LogP contribution in [0.3, 0.4) is 0 Å². The predicted octanol–water partition coefficient (Wildman–Crippen LogP) is 21.9. The zero-order valence-electron chi connectivity index (χ0n) is 46.6. The maximum Gasteiger partial charge on any atom is 0.148 e. The molecule has 1 aliphatic carbocycles. The van der Waals surface area contributed by atoms with Crippen molar-refractivity contribution in [3.8, 4) is 55.6 Å². The molecule has 6 heteroatoms. The van der Waals surface area contributed by atoms with Gasteiger partial charge >= 0.3 is 0 Å². The van der Waals surface area contributed by atoms with E-state index in [2.05, 4.69) is 170 Å². The molecule has 0 N–H and O–H groups in total. The molecule has 0 heterocycles. The molecule has 0 bridgehead atoms. The summed E-state index contributed by atoms with van der Waals surface area (Å²) in [6.45, 7) is 15.3. The van der Waals surface area contributed by atoms with Crippen molar-refractivity contribution in [3.63, 3.8) is 0 Å². The maximum absolute atomic E-state index is 18.3. The van der Waals surface area contributed by atoms with Gasteiger partial charge in [-0.15, -0.1) is 0 Å². The number of anilines is 6. The quantitative estimate of drug-likeness (QED) is 0.113. The van der Waals surface area contributed by atoms with Crippen molar-refractivity contribution in [3.05, 3.63) is 290 Å². The van der Waals surface area contributed by atoms with Crippen molar-refractivity contribution >= 4 is 71.8 Å². The van der Waals surface area contributed by atoms with Crippen LogP contribution in [0.1, 0.15) is 11.1 Å². The molecule has 0 saturated heterocycles. The fraction of sp³-hybridized carbons (Fsp3) is 0.0933. The number of rotatable bonds is 12. The fourth-order valence-corrected chi connectivity index (χ4v) is 27.0. The van der Waals surface area contributed by atoms with Crippen molar-refractivity contribution in [1.82, 2.24) is 0 Å². The topological polar surface area (TPSA) is 6.48 Å². The molecule has 0 saturated carbocycles. The molecular weight excluding hydrogens is 1020 g/mol. The Balaban J connectivity index is 1.15. The van der Waals surface area contributed by atoms with Gasteiger partial charge < -0.3 is 9.80 Å². The van der Waals surface area contributed by atoms with E-state index in [4.69, 9.17) is 0 Å². The summed E-state index contributed by atoms with van der Waals surface area (Å²) in [5, 5.41) is 4.26. The highest BCUT2D eigenvalue weighted by molar-refractivity contribution is 7.00. The molecule has 13 rings (SSSR count). The van der Waals surface area contributed by atoms with E-state index in [-0.39, 0.29) is 11.6 Å². The Bertz CT molecular complexity index is 4030. The average molecular weight is 1090 g/mol. The standard InChI is InChI=1S/C75H62F2N2Si2/c1-80(2,3)75(81(4,5)6)65-49-69(78(57-37-21-11-22-38-57)73-63(53-33-17-9-18-34-53)45-55(47-67(73)76)51-29-13-7-14-30-51)59-41-25-27-43-61(59)71(65)72-62-44-28-26-42-60(62)70(50-66(72)75)79(58-39-23-12-24-40-58)74-64(54-35-19-10-20-36-54)46-56(48-68(74)77)52-31-15-8-16-32-52/h7-50H,1-6H3. The molecule has 0 unspecified atom stereocenters. The smallest absolute Gasteiger partial charge is 0.148 e. The van der Waals surface area contributed by atoms with Crippen LogP contribution < -0.4 is 9.80 Å². The molecule has 0 fully saturated rings. The Morgan fingerprint density at radius 1 is 0.296 bits per heavy atom. The average Bonchev–Trinajstić information content (AvgIpc) is 2.59. The molecule has 12 aromatic carbocycles. The minimum absolute atomic E-state index is 0.316. The van der Waals surface area contributed by atoms with Crippen LogP contribution in [-0.4, -0.2) is 16.1 Å². The van der Waals surface area contributed by atoms with Crippen molar-refractivity contribution in [2.24, 2.45) is 0 Å². The molecule has 0 spiro atoms. The molecule has 0 amide bonds. The van der Waals surface area contributed by atoms with E-state index < -0.39 is 20.8 Å². The van der Waals surface area contributed by atoms with Crippen molar-refractivity contribution in [2.75, 3.05) is 9.80 Å². The van der Waals surface area contributed by atoms with Gasteiger partial charge in [0.15, 0.2) is 0 Å². The summed E-state index contributed by atoms with van der Waals surface area (Å²) in [4.78, 5) is 4.40. The maximum atomic E-state index is 18.3. The first kappa shape index (κ1) is 51.5. The lowest BCUT2D eigenvalue weighted by molar-refractivity contribution is 0.629. The zero-order chi connectivity index (χ0) is 55.6. The second-order valence-electron chi connectivity index (χ2n) is 23.5. The lowest BCUT2D eigenvalue weighted by Gasteiger charge is -2.51. The van der Waals surface area contributed by atoms with E-state index in [0.717, 1.165) is 88.8 Å². The lowest BCUT2D eigenvalue weighted by Crippen LogP contribution is -2.63. The Kier molecular flexibility index (Phi) is 12.9. The second kappa shape index (κ2) is 20.3. The van der Waals surface area contributed by atoms with Crippen molar-refractivity contribution < 1.29 is 8.78 Å². The third-order valence-corrected chi connectivity index (χ3v) is 26.9. The normalized spacial score (nSPS) is 12.8. The first-order chi connectivity index (χ1) is 39.3. The summed E-state index contributed by atoms with van der Waals surface area (Å²) >= 11 is 0. The highest BCUT2D eigenvalue weighted by Gasteiger charge is 2.60. The summed E-state index contributed by atoms with van der Waals surface area (Å²) in [5.41, 5.74) is 16.5. The van der Waals surface area contributed by atoms with Gasteiger partial charge in [0.05, 0.1) is 38.9 Å². The highest BCUT2D eigenvalue weighted by atomic mass is 28.4. The molecule has 0 aliphatic heterocycles. The van der Waals surface area contributed by atoms with E-state index in [1.54, 1.807) is 12.1 Å². The van der Waals surface area contributed by atoms with Crippen LogP contribution in [-0.2, 0) is 4.66 Å². The monoisotopic (exact) mass is 1080 g/mol. The summed E-state index contributed by atoms with van der Waals surface area (Å²) in [7, 11) is -4.96. The Morgan fingerprint density at radius 2 is 0.580 bits per heavy atom. The second-order valence-corrected chi connectivity index (χ2v) is 34.5. The van der Waals surface area contributed by atoms with Gasteiger partial charge in [-0.1, -0.05) is 246 Å². The third-order valence-electron chi connectivity index (χ3n) is 16.8. The minimum Gasteiger partial charge on any atom is -0.307 e. The van der Waals surface area contributed by atoms with Crippen molar-refractivity contribution in [1.29, 1.82) is 0 Å². The van der Waals surface area contributed by atoms with Gasteiger partial charge in [0, 0.05) is 37.9 Å². The molecule has 0 radical (unpaired) electrons. The van der Waals surface area contributed by atoms with Gasteiger partial charge in [0.25, 0.3) is 0 Å². The van der Waals surface area contributed by atoms with Crippen LogP contribution in [0.15, 0.2) is 267 Å². The van der Waals surface area contributed by atoms with Crippen LogP contribution in [0.25, 0.3) is 77.2 Å². The zero-order valence-corrected chi connectivity index (χ0v) is 48.6. The number of benzene rings is 12. The Morgan fingerprint density at radius 3 is 0.901 bits per heavy atom. The molecular formula is C75H62F2N2Si2. The van der Waals surface area contributed by atoms with Crippen LogP contribution in [0.4, 0.5) is 42.9 Å². The van der Waals surface area contributed by atoms with E-state index in [1.807, 2.05) is 133 Å². The fourth-order valence-electron chi connectivity index (χ4n) is 14.0. The van der Waals surface area contributed by atoms with E-state index in [0.29, 0.717) is 11.4 Å². The van der Waals surface area contributed by atoms with Crippen LogP contribution >= 0.6 is 0 Å². The SMILES string of the molecule is C[Si](C)(C)C1([Si](C)(C)C)c2cc(N(c3ccccc3)c3c(F)cc(-c4ccccc4)cc3-c3ccccc3)c3ccccc3c2-c2c1cc(N(c1ccccc1)c1c(F)cc(-c3ccccc3)cc1-c1ccccc1)c1ccccc21. The number of halogens is 2. The molecule has 0 atom stereocenters. The number of hydrogen-bond acceptors (Lipinski definition) is 2. The molecule has 0 aromatic heterocycles. The summed E-state index contributed by atoms with van der Waals surface area (Å²) < 4.78 is 36.2. The number of nitrogens with zero attached hydrogens (tertiary/aromatic N) is 2. The predicted molar refractivity (Wildman–Crippen MR) is 345 cm³/mol. The van der Waals surface area contributed by atoms with Gasteiger partial charge in [-0.3, -0.25) is 0 Å². The van der Waals surface area contributed by atoms with E-state index in [1.165, 1.54) is 22.3 Å². The Hall–Kier alpha value is -8.95. The largest absolute Gasteiger partial charge is 0.307 e. The van der Waals surface area contributed by atoms with Crippen molar-refractivity contribution in [2.45, 2.75) is 43.9 Å². The first-order valence-electron chi connectivity index (χ1n) is 28.1. The van der Waals surface area contributed by atoms with Gasteiger partial charge in [-0.05, 0) is 127 Å². The van der Waals surface area contributed by atoms with Crippen LogP contribution in [0.5, 0.6) is 0 Å². The molecule has 394 valence electrons. The van der Waals surface area contributed by atoms with Gasteiger partial charge in [0.2, 0.25) is 0 Å². The van der Waals surface area contributed by atoms with E-state index >= 15 is 8.78 Å². The molecule has 1 aliphatic rings. The summed E-state index contributed by atoms with van der Waals surface area (Å²) in [6, 6.07) is 91.7. The minimum atomic E-state index is -2.48. The molecule has 81 heavy (non-hydrogen) atoms. The number of para-hydroxylation sites is 2. The lowest BCUT2D eigenvalue weighted by atomic mass is 9.91. The van der Waals surface area contributed by atoms with Crippen LogP contribution in [0.2, 0.25) is 39.3 Å². The number of fused-ring (bicyclic) bond motifs is 7. The van der Waals surface area contributed by atoms with E-state index in [9.17, 15) is 0 Å². The Labute approximate surface area is 476 Å². The first-order valence-corrected chi connectivity index (χ1v) is 35.1.